The zero-order chi connectivity index (χ0) is 10.6. The third kappa shape index (κ3) is 2.85. The quantitative estimate of drug-likeness (QED) is 0.560. The van der Waals surface area contributed by atoms with Crippen LogP contribution in [-0.2, 0) is 11.2 Å². The highest BCUT2D eigenvalue weighted by atomic mass is 16.2. The summed E-state index contributed by atoms with van der Waals surface area (Å²) in [5, 5.41) is 9.33. The minimum Gasteiger partial charge on any atom is -0.447 e. The third-order valence-corrected chi connectivity index (χ3v) is 2.04. The van der Waals surface area contributed by atoms with Crippen molar-refractivity contribution in [3.05, 3.63) is 42.5 Å². The van der Waals surface area contributed by atoms with Crippen LogP contribution in [0.15, 0.2) is 36.9 Å². The fourth-order valence-electron chi connectivity index (χ4n) is 1.24. The second kappa shape index (κ2) is 4.77. The van der Waals surface area contributed by atoms with Crippen molar-refractivity contribution >= 4 is 18.2 Å². The molecule has 0 aliphatic rings. The van der Waals surface area contributed by atoms with E-state index in [1.807, 2.05) is 24.3 Å². The van der Waals surface area contributed by atoms with Crippen molar-refractivity contribution in [3.63, 3.8) is 0 Å². The number of carbonyl (C=O) groups excluding carboxylic acids is 1. The van der Waals surface area contributed by atoms with Crippen LogP contribution in [0.5, 0.6) is 0 Å². The van der Waals surface area contributed by atoms with E-state index < -0.39 is 6.92 Å². The van der Waals surface area contributed by atoms with E-state index in [1.165, 1.54) is 6.08 Å². The van der Waals surface area contributed by atoms with Gasteiger partial charge in [-0.25, -0.2) is 0 Å². The molecule has 0 saturated carbocycles. The van der Waals surface area contributed by atoms with Crippen LogP contribution in [-0.4, -0.2) is 17.7 Å². The summed E-state index contributed by atoms with van der Waals surface area (Å²) in [6.45, 7) is 4.63. The highest BCUT2D eigenvalue weighted by molar-refractivity contribution is 6.64. The minimum atomic E-state index is -0.492. The third-order valence-electron chi connectivity index (χ3n) is 2.04. The van der Waals surface area contributed by atoms with E-state index >= 15 is 0 Å². The Balaban J connectivity index is 2.83. The summed E-state index contributed by atoms with van der Waals surface area (Å²) in [5.41, 5.74) is 1.74. The standard InChI is InChI=1S/C11H13BO2/c1-3-11(13)8-9-5-4-6-10(7-9)12(2)14/h3-7,14H,1,8H2,2H3. The Bertz CT molecular complexity index is 345. The number of allylic oxidation sites excluding steroid dienone is 1. The Morgan fingerprint density at radius 2 is 2.36 bits per heavy atom. The van der Waals surface area contributed by atoms with Crippen molar-refractivity contribution in [2.45, 2.75) is 13.2 Å². The van der Waals surface area contributed by atoms with Gasteiger partial charge in [-0.1, -0.05) is 37.7 Å². The van der Waals surface area contributed by atoms with E-state index in [4.69, 9.17) is 0 Å². The molecule has 0 radical (unpaired) electrons. The molecule has 1 N–H and O–H groups in total. The summed E-state index contributed by atoms with van der Waals surface area (Å²) < 4.78 is 0. The molecule has 2 nitrogen and oxygen atoms in total. The molecule has 14 heavy (non-hydrogen) atoms. The lowest BCUT2D eigenvalue weighted by molar-refractivity contribution is -0.114. The zero-order valence-electron chi connectivity index (χ0n) is 8.23. The molecule has 0 amide bonds. The molecule has 0 aliphatic carbocycles. The molecule has 0 fully saturated rings. The Morgan fingerprint density at radius 3 is 2.93 bits per heavy atom. The maximum atomic E-state index is 11.1. The van der Waals surface area contributed by atoms with Crippen molar-refractivity contribution in [3.8, 4) is 0 Å². The largest absolute Gasteiger partial charge is 0.447 e. The molecule has 3 heteroatoms. The van der Waals surface area contributed by atoms with Crippen molar-refractivity contribution in [1.82, 2.24) is 0 Å². The summed E-state index contributed by atoms with van der Waals surface area (Å²) in [4.78, 5) is 11.1. The molecule has 0 saturated heterocycles. The second-order valence-electron chi connectivity index (χ2n) is 3.27. The lowest BCUT2D eigenvalue weighted by Gasteiger charge is -2.03. The molecule has 0 atom stereocenters. The van der Waals surface area contributed by atoms with Crippen LogP contribution < -0.4 is 5.46 Å². The van der Waals surface area contributed by atoms with Gasteiger partial charge in [0.1, 0.15) is 0 Å². The van der Waals surface area contributed by atoms with Crippen molar-refractivity contribution < 1.29 is 9.82 Å². The predicted octanol–water partition coefficient (Wildman–Crippen LogP) is 0.805. The van der Waals surface area contributed by atoms with Gasteiger partial charge in [-0.05, 0) is 17.1 Å². The van der Waals surface area contributed by atoms with Crippen LogP contribution >= 0.6 is 0 Å². The van der Waals surface area contributed by atoms with Gasteiger partial charge in [0.05, 0.1) is 0 Å². The second-order valence-corrected chi connectivity index (χ2v) is 3.27. The lowest BCUT2D eigenvalue weighted by atomic mass is 9.64. The smallest absolute Gasteiger partial charge is 0.320 e. The fraction of sp³-hybridized carbons (Fsp3) is 0.182. The number of carbonyl (C=O) groups is 1. The number of rotatable bonds is 4. The molecule has 0 spiro atoms. The molecular formula is C11H13BO2. The van der Waals surface area contributed by atoms with E-state index in [-0.39, 0.29) is 5.78 Å². The van der Waals surface area contributed by atoms with Gasteiger partial charge in [-0.15, -0.1) is 0 Å². The first kappa shape index (κ1) is 10.7. The molecule has 1 aromatic rings. The monoisotopic (exact) mass is 188 g/mol. The number of hydrogen-bond acceptors (Lipinski definition) is 2. The predicted molar refractivity (Wildman–Crippen MR) is 58.8 cm³/mol. The van der Waals surface area contributed by atoms with Crippen LogP contribution in [0.3, 0.4) is 0 Å². The summed E-state index contributed by atoms with van der Waals surface area (Å²) in [6, 6.07) is 7.39. The number of benzene rings is 1. The summed E-state index contributed by atoms with van der Waals surface area (Å²) in [7, 11) is 0. The van der Waals surface area contributed by atoms with E-state index in [2.05, 4.69) is 6.58 Å². The Hall–Kier alpha value is -1.35. The molecule has 1 aromatic carbocycles. The van der Waals surface area contributed by atoms with Crippen molar-refractivity contribution in [2.24, 2.45) is 0 Å². The van der Waals surface area contributed by atoms with Crippen LogP contribution in [0.1, 0.15) is 5.56 Å². The molecule has 0 aromatic heterocycles. The maximum absolute atomic E-state index is 11.1. The summed E-state index contributed by atoms with van der Waals surface area (Å²) in [6.07, 6.45) is 1.67. The topological polar surface area (TPSA) is 37.3 Å². The Kier molecular flexibility index (Phi) is 3.66. The van der Waals surface area contributed by atoms with Gasteiger partial charge in [-0.3, -0.25) is 4.79 Å². The molecule has 1 rings (SSSR count). The summed E-state index contributed by atoms with van der Waals surface area (Å²) in [5.74, 6) is -0.00672. The van der Waals surface area contributed by atoms with E-state index in [0.29, 0.717) is 6.42 Å². The molecular weight excluding hydrogens is 175 g/mol. The average Bonchev–Trinajstić information content (AvgIpc) is 2.18. The van der Waals surface area contributed by atoms with Gasteiger partial charge in [0.2, 0.25) is 0 Å². The van der Waals surface area contributed by atoms with Gasteiger partial charge in [0.25, 0.3) is 0 Å². The van der Waals surface area contributed by atoms with Gasteiger partial charge >= 0.3 is 6.92 Å². The van der Waals surface area contributed by atoms with Gasteiger partial charge in [-0.2, -0.15) is 0 Å². The normalized spacial score (nSPS) is 9.57. The maximum Gasteiger partial charge on any atom is 0.320 e. The molecule has 0 aliphatic heterocycles. The lowest BCUT2D eigenvalue weighted by Crippen LogP contribution is -2.26. The first-order valence-corrected chi connectivity index (χ1v) is 4.55. The first-order chi connectivity index (χ1) is 6.63. The van der Waals surface area contributed by atoms with Crippen molar-refractivity contribution in [1.29, 1.82) is 0 Å². The summed E-state index contributed by atoms with van der Waals surface area (Å²) >= 11 is 0. The zero-order valence-corrected chi connectivity index (χ0v) is 8.23. The van der Waals surface area contributed by atoms with Gasteiger partial charge in [0.15, 0.2) is 5.78 Å². The first-order valence-electron chi connectivity index (χ1n) is 4.55. The van der Waals surface area contributed by atoms with Crippen LogP contribution in [0.4, 0.5) is 0 Å². The molecule has 0 bridgehead atoms. The minimum absolute atomic E-state index is 0.00672. The van der Waals surface area contributed by atoms with E-state index in [1.54, 1.807) is 6.82 Å². The van der Waals surface area contributed by atoms with Crippen LogP contribution in [0.25, 0.3) is 0 Å². The van der Waals surface area contributed by atoms with Crippen LogP contribution in [0, 0.1) is 0 Å². The van der Waals surface area contributed by atoms with E-state index in [9.17, 15) is 9.82 Å². The molecule has 0 heterocycles. The van der Waals surface area contributed by atoms with E-state index in [0.717, 1.165) is 11.0 Å². The number of hydrogen-bond donors (Lipinski definition) is 1. The Morgan fingerprint density at radius 1 is 1.64 bits per heavy atom. The Labute approximate surface area is 84.4 Å². The van der Waals surface area contributed by atoms with Gasteiger partial charge < -0.3 is 5.02 Å². The highest BCUT2D eigenvalue weighted by Crippen LogP contribution is 2.00. The SMILES string of the molecule is C=CC(=O)Cc1cccc(B(C)O)c1. The highest BCUT2D eigenvalue weighted by Gasteiger charge is 2.07. The molecule has 72 valence electrons. The van der Waals surface area contributed by atoms with Crippen molar-refractivity contribution in [2.75, 3.05) is 0 Å². The molecule has 0 unspecified atom stereocenters. The average molecular weight is 188 g/mol. The van der Waals surface area contributed by atoms with Crippen LogP contribution in [0.2, 0.25) is 6.82 Å². The number of ketones is 1. The fourth-order valence-corrected chi connectivity index (χ4v) is 1.24. The van der Waals surface area contributed by atoms with Gasteiger partial charge in [0, 0.05) is 6.42 Å².